The second-order valence-electron chi connectivity index (χ2n) is 4.22. The van der Waals surface area contributed by atoms with Crippen molar-refractivity contribution in [2.45, 2.75) is 0 Å². The number of para-hydroxylation sites is 1. The van der Waals surface area contributed by atoms with Gasteiger partial charge in [0, 0.05) is 32.7 Å². The number of rotatable bonds is 3. The maximum Gasteiger partial charge on any atom is 0.148 e. The van der Waals surface area contributed by atoms with Crippen LogP contribution in [0.2, 0.25) is 0 Å². The Kier molecular flexibility index (Phi) is 3.81. The van der Waals surface area contributed by atoms with E-state index in [9.17, 15) is 4.39 Å². The molecule has 0 unspecified atom stereocenters. The van der Waals surface area contributed by atoms with Crippen LogP contribution in [0.3, 0.4) is 0 Å². The number of piperazine rings is 1. The first kappa shape index (κ1) is 12.1. The topological polar surface area (TPSA) is 52.7 Å². The number of nitrogens with zero attached hydrogens (tertiary/aromatic N) is 2. The maximum atomic E-state index is 13.3. The van der Waals surface area contributed by atoms with Crippen molar-refractivity contribution in [1.29, 1.82) is 0 Å². The highest BCUT2D eigenvalue weighted by Gasteiger charge is 2.19. The molecule has 1 aromatic rings. The van der Waals surface area contributed by atoms with Crippen LogP contribution in [0.1, 0.15) is 0 Å². The molecule has 0 saturated carbocycles. The second kappa shape index (κ2) is 5.33. The Bertz CT molecular complexity index is 378. The van der Waals surface area contributed by atoms with Crippen molar-refractivity contribution in [3.8, 4) is 0 Å². The smallest absolute Gasteiger partial charge is 0.148 e. The minimum absolute atomic E-state index is 0.183. The van der Waals surface area contributed by atoms with E-state index in [0.717, 1.165) is 31.9 Å². The molecule has 4 nitrogen and oxygen atoms in total. The Morgan fingerprint density at radius 3 is 2.59 bits per heavy atom. The van der Waals surface area contributed by atoms with E-state index in [-0.39, 0.29) is 18.1 Å². The molecule has 1 fully saturated rings. The molecule has 1 aliphatic heterocycles. The normalized spacial score (nSPS) is 17.4. The van der Waals surface area contributed by atoms with Crippen LogP contribution in [0, 0.1) is 5.82 Å². The van der Waals surface area contributed by atoms with Gasteiger partial charge in [0.1, 0.15) is 5.82 Å². The summed E-state index contributed by atoms with van der Waals surface area (Å²) in [5.41, 5.74) is 6.73. The number of hydrogen-bond acceptors (Lipinski definition) is 4. The molecule has 0 bridgehead atoms. The van der Waals surface area contributed by atoms with Crippen LogP contribution < -0.4 is 10.6 Å². The number of aliphatic hydroxyl groups excluding tert-OH is 1. The third-order valence-electron chi connectivity index (χ3n) is 3.16. The fourth-order valence-corrected chi connectivity index (χ4v) is 2.16. The van der Waals surface area contributed by atoms with Gasteiger partial charge in [-0.05, 0) is 12.1 Å². The van der Waals surface area contributed by atoms with Crippen LogP contribution in [0.4, 0.5) is 15.8 Å². The lowest BCUT2D eigenvalue weighted by atomic mass is 10.2. The lowest BCUT2D eigenvalue weighted by Gasteiger charge is -2.36. The third-order valence-corrected chi connectivity index (χ3v) is 3.16. The van der Waals surface area contributed by atoms with Crippen LogP contribution in [0.25, 0.3) is 0 Å². The van der Waals surface area contributed by atoms with Crippen LogP contribution in [0.5, 0.6) is 0 Å². The third kappa shape index (κ3) is 2.68. The molecule has 0 spiro atoms. The average molecular weight is 239 g/mol. The minimum Gasteiger partial charge on any atom is -0.395 e. The Balaban J connectivity index is 2.03. The summed E-state index contributed by atoms with van der Waals surface area (Å²) in [6, 6.07) is 4.90. The number of nitrogen functional groups attached to an aromatic ring is 1. The Hall–Kier alpha value is -1.33. The molecule has 1 saturated heterocycles. The predicted molar refractivity (Wildman–Crippen MR) is 66.6 cm³/mol. The molecule has 0 amide bonds. The van der Waals surface area contributed by atoms with E-state index in [2.05, 4.69) is 9.80 Å². The summed E-state index contributed by atoms with van der Waals surface area (Å²) in [6.07, 6.45) is 0. The Morgan fingerprint density at radius 2 is 1.94 bits per heavy atom. The van der Waals surface area contributed by atoms with Gasteiger partial charge in [0.15, 0.2) is 0 Å². The Morgan fingerprint density at radius 1 is 1.24 bits per heavy atom. The van der Waals surface area contributed by atoms with Crippen LogP contribution in [0.15, 0.2) is 18.2 Å². The van der Waals surface area contributed by atoms with E-state index in [1.807, 2.05) is 6.07 Å². The summed E-state index contributed by atoms with van der Waals surface area (Å²) >= 11 is 0. The molecular formula is C12H18FN3O. The fourth-order valence-electron chi connectivity index (χ4n) is 2.16. The van der Waals surface area contributed by atoms with Gasteiger partial charge in [-0.3, -0.25) is 4.90 Å². The van der Waals surface area contributed by atoms with E-state index in [4.69, 9.17) is 10.8 Å². The molecule has 0 radical (unpaired) electrons. The van der Waals surface area contributed by atoms with Crippen molar-refractivity contribution in [2.24, 2.45) is 0 Å². The van der Waals surface area contributed by atoms with Crippen molar-refractivity contribution in [3.05, 3.63) is 24.0 Å². The second-order valence-corrected chi connectivity index (χ2v) is 4.22. The standard InChI is InChI=1S/C12H18FN3O/c13-10-2-1-3-11(12(10)14)16-6-4-15(5-7-16)8-9-17/h1-3,17H,4-9,14H2. The molecule has 5 heteroatoms. The van der Waals surface area contributed by atoms with E-state index < -0.39 is 0 Å². The van der Waals surface area contributed by atoms with Gasteiger partial charge >= 0.3 is 0 Å². The minimum atomic E-state index is -0.361. The van der Waals surface area contributed by atoms with Gasteiger partial charge in [-0.2, -0.15) is 0 Å². The molecule has 3 N–H and O–H groups in total. The van der Waals surface area contributed by atoms with Crippen LogP contribution in [-0.4, -0.2) is 49.3 Å². The molecule has 17 heavy (non-hydrogen) atoms. The molecule has 94 valence electrons. The van der Waals surface area contributed by atoms with Crippen molar-refractivity contribution >= 4 is 11.4 Å². The van der Waals surface area contributed by atoms with Gasteiger partial charge in [0.2, 0.25) is 0 Å². The summed E-state index contributed by atoms with van der Waals surface area (Å²) in [6.45, 7) is 4.25. The molecule has 1 heterocycles. The summed E-state index contributed by atoms with van der Waals surface area (Å²) < 4.78 is 13.3. The van der Waals surface area contributed by atoms with E-state index in [1.54, 1.807) is 6.07 Å². The average Bonchev–Trinajstić information content (AvgIpc) is 2.34. The lowest BCUT2D eigenvalue weighted by Crippen LogP contribution is -2.47. The van der Waals surface area contributed by atoms with E-state index >= 15 is 0 Å². The molecule has 0 aromatic heterocycles. The van der Waals surface area contributed by atoms with Gasteiger partial charge in [0.25, 0.3) is 0 Å². The summed E-state index contributed by atoms with van der Waals surface area (Å²) in [4.78, 5) is 4.28. The molecule has 1 aliphatic rings. The number of benzene rings is 1. The van der Waals surface area contributed by atoms with Gasteiger partial charge in [-0.15, -0.1) is 0 Å². The van der Waals surface area contributed by atoms with Crippen molar-refractivity contribution in [1.82, 2.24) is 4.90 Å². The first-order valence-electron chi connectivity index (χ1n) is 5.84. The highest BCUT2D eigenvalue weighted by atomic mass is 19.1. The number of hydrogen-bond donors (Lipinski definition) is 2. The zero-order valence-electron chi connectivity index (χ0n) is 9.77. The number of β-amino-alcohol motifs (C(OH)–C–C–N with tert-alkyl or cyclic N) is 1. The Labute approximate surface area is 100 Å². The van der Waals surface area contributed by atoms with E-state index in [1.165, 1.54) is 6.07 Å². The SMILES string of the molecule is Nc1c(F)cccc1N1CCN(CCO)CC1. The van der Waals surface area contributed by atoms with E-state index in [0.29, 0.717) is 6.54 Å². The number of anilines is 2. The van der Waals surface area contributed by atoms with Crippen molar-refractivity contribution in [2.75, 3.05) is 50.0 Å². The monoisotopic (exact) mass is 239 g/mol. The molecule has 0 atom stereocenters. The van der Waals surface area contributed by atoms with Crippen molar-refractivity contribution < 1.29 is 9.50 Å². The van der Waals surface area contributed by atoms with Gasteiger partial charge in [-0.1, -0.05) is 6.07 Å². The van der Waals surface area contributed by atoms with Gasteiger partial charge in [0.05, 0.1) is 18.0 Å². The predicted octanol–water partition coefficient (Wildman–Crippen LogP) is 0.522. The number of halogens is 1. The molecule has 2 rings (SSSR count). The first-order chi connectivity index (χ1) is 8.22. The van der Waals surface area contributed by atoms with Crippen LogP contribution >= 0.6 is 0 Å². The zero-order chi connectivity index (χ0) is 12.3. The van der Waals surface area contributed by atoms with Gasteiger partial charge < -0.3 is 15.7 Å². The molecule has 1 aromatic carbocycles. The van der Waals surface area contributed by atoms with Crippen molar-refractivity contribution in [3.63, 3.8) is 0 Å². The summed E-state index contributed by atoms with van der Waals surface area (Å²) in [5, 5.41) is 8.86. The zero-order valence-corrected chi connectivity index (χ0v) is 9.77. The largest absolute Gasteiger partial charge is 0.395 e. The number of nitrogens with two attached hydrogens (primary N) is 1. The van der Waals surface area contributed by atoms with Gasteiger partial charge in [-0.25, -0.2) is 4.39 Å². The maximum absolute atomic E-state index is 13.3. The van der Waals surface area contributed by atoms with Crippen LogP contribution in [-0.2, 0) is 0 Å². The lowest BCUT2D eigenvalue weighted by molar-refractivity contribution is 0.189. The number of aliphatic hydroxyl groups is 1. The molecule has 0 aliphatic carbocycles. The first-order valence-corrected chi connectivity index (χ1v) is 5.84. The summed E-state index contributed by atoms with van der Waals surface area (Å²) in [7, 11) is 0. The highest BCUT2D eigenvalue weighted by molar-refractivity contribution is 5.68. The highest BCUT2D eigenvalue weighted by Crippen LogP contribution is 2.26. The summed E-state index contributed by atoms with van der Waals surface area (Å²) in [5.74, 6) is -0.361. The molecular weight excluding hydrogens is 221 g/mol. The quantitative estimate of drug-likeness (QED) is 0.755. The fraction of sp³-hybridized carbons (Fsp3) is 0.500.